The Morgan fingerprint density at radius 1 is 1.00 bits per heavy atom. The van der Waals surface area contributed by atoms with Gasteiger partial charge in [0.1, 0.15) is 5.75 Å². The van der Waals surface area contributed by atoms with Crippen LogP contribution in [0.5, 0.6) is 5.75 Å². The van der Waals surface area contributed by atoms with Crippen molar-refractivity contribution >= 4 is 23.0 Å². The lowest BCUT2D eigenvalue weighted by molar-refractivity contribution is 0.0996. The maximum atomic E-state index is 13.1. The van der Waals surface area contributed by atoms with E-state index >= 15 is 0 Å². The largest absolute Gasteiger partial charge is 0.494 e. The van der Waals surface area contributed by atoms with Crippen LogP contribution >= 0.6 is 0 Å². The fourth-order valence-electron chi connectivity index (χ4n) is 4.37. The van der Waals surface area contributed by atoms with Crippen molar-refractivity contribution in [3.63, 3.8) is 0 Å². The van der Waals surface area contributed by atoms with Crippen molar-refractivity contribution in [2.75, 3.05) is 22.6 Å². The maximum Gasteiger partial charge on any atom is 0.258 e. The van der Waals surface area contributed by atoms with Crippen molar-refractivity contribution < 1.29 is 9.53 Å². The fourth-order valence-corrected chi connectivity index (χ4v) is 4.37. The van der Waals surface area contributed by atoms with Crippen LogP contribution in [0.2, 0.25) is 0 Å². The summed E-state index contributed by atoms with van der Waals surface area (Å²) >= 11 is 0. The van der Waals surface area contributed by atoms with Crippen LogP contribution in [-0.2, 0) is 6.54 Å². The molecule has 3 aromatic carbocycles. The molecule has 0 saturated carbocycles. The maximum absolute atomic E-state index is 13.1. The van der Waals surface area contributed by atoms with E-state index in [4.69, 9.17) is 10.5 Å². The number of rotatable bonds is 7. The molecule has 34 heavy (non-hydrogen) atoms. The number of carbonyl (C=O) groups is 1. The molecule has 0 spiro atoms. The average molecular weight is 453 g/mol. The highest BCUT2D eigenvalue weighted by Crippen LogP contribution is 2.34. The third-order valence-electron chi connectivity index (χ3n) is 6.21. The Hall–Kier alpha value is -4.19. The van der Waals surface area contributed by atoms with Crippen LogP contribution < -0.4 is 20.7 Å². The van der Waals surface area contributed by atoms with Gasteiger partial charge in [-0.15, -0.1) is 0 Å². The summed E-state index contributed by atoms with van der Waals surface area (Å²) in [6.07, 6.45) is 3.99. The minimum Gasteiger partial charge on any atom is -0.494 e. The first kappa shape index (κ1) is 21.6. The van der Waals surface area contributed by atoms with Crippen molar-refractivity contribution in [1.29, 1.82) is 0 Å². The number of ether oxygens (including phenoxy) is 1. The molecule has 172 valence electrons. The molecule has 5 rings (SSSR count). The minimum atomic E-state index is -0.00285. The molecule has 1 aliphatic rings. The molecule has 6 nitrogen and oxygen atoms in total. The van der Waals surface area contributed by atoms with Crippen LogP contribution in [0.4, 0.5) is 17.1 Å². The number of nitrogens with zero attached hydrogens (tertiary/aromatic N) is 2. The summed E-state index contributed by atoms with van der Waals surface area (Å²) in [4.78, 5) is 14.9. The van der Waals surface area contributed by atoms with Crippen LogP contribution in [0.15, 0.2) is 85.2 Å². The van der Waals surface area contributed by atoms with Crippen molar-refractivity contribution in [2.45, 2.75) is 26.4 Å². The van der Waals surface area contributed by atoms with Gasteiger partial charge in [0.15, 0.2) is 0 Å². The molecular weight excluding hydrogens is 424 g/mol. The zero-order valence-electron chi connectivity index (χ0n) is 19.4. The van der Waals surface area contributed by atoms with E-state index in [-0.39, 0.29) is 11.9 Å². The Labute approximate surface area is 199 Å². The highest BCUT2D eigenvalue weighted by Gasteiger charge is 2.29. The number of nitrogen functional groups attached to an aromatic ring is 1. The first-order valence-electron chi connectivity index (χ1n) is 11.5. The molecule has 4 aromatic rings. The van der Waals surface area contributed by atoms with Gasteiger partial charge in [-0.3, -0.25) is 4.79 Å². The SMILES string of the molecule is CCOc1ccc(C(C)Nc2ccc(N3Cc4cc(-n5cccc5)ccc4C3=O)cc2N)cc1. The summed E-state index contributed by atoms with van der Waals surface area (Å²) in [6, 6.07) is 23.8. The first-order chi connectivity index (χ1) is 16.5. The standard InChI is InChI=1S/C28H28N4O2/c1-3-34-24-10-6-20(7-11-24)19(2)30-27-13-9-23(17-26(27)29)32-18-21-16-22(31-14-4-5-15-31)8-12-25(21)28(32)33/h4-17,19,30H,3,18,29H2,1-2H3. The molecule has 3 N–H and O–H groups in total. The number of hydrogen-bond donors (Lipinski definition) is 2. The van der Waals surface area contributed by atoms with E-state index in [0.717, 1.165) is 39.5 Å². The summed E-state index contributed by atoms with van der Waals surface area (Å²) < 4.78 is 7.56. The third kappa shape index (κ3) is 4.10. The van der Waals surface area contributed by atoms with E-state index in [1.807, 2.05) is 78.5 Å². The van der Waals surface area contributed by atoms with Crippen molar-refractivity contribution in [3.05, 3.63) is 102 Å². The molecule has 0 fully saturated rings. The smallest absolute Gasteiger partial charge is 0.258 e. The van der Waals surface area contributed by atoms with Gasteiger partial charge in [0.05, 0.1) is 24.5 Å². The summed E-state index contributed by atoms with van der Waals surface area (Å²) in [5.74, 6) is 0.857. The van der Waals surface area contributed by atoms with Crippen LogP contribution in [0.3, 0.4) is 0 Å². The topological polar surface area (TPSA) is 72.5 Å². The number of anilines is 3. The van der Waals surface area contributed by atoms with Crippen molar-refractivity contribution in [2.24, 2.45) is 0 Å². The lowest BCUT2D eigenvalue weighted by Gasteiger charge is -2.21. The molecule has 2 heterocycles. The van der Waals surface area contributed by atoms with Crippen LogP contribution in [-0.4, -0.2) is 17.1 Å². The van der Waals surface area contributed by atoms with E-state index in [0.29, 0.717) is 18.8 Å². The number of nitrogens with two attached hydrogens (primary N) is 1. The first-order valence-corrected chi connectivity index (χ1v) is 11.5. The van der Waals surface area contributed by atoms with Gasteiger partial charge in [-0.05, 0) is 85.6 Å². The zero-order valence-corrected chi connectivity index (χ0v) is 19.4. The Bertz CT molecular complexity index is 1310. The second-order valence-electron chi connectivity index (χ2n) is 8.46. The number of nitrogens with one attached hydrogen (secondary N) is 1. The van der Waals surface area contributed by atoms with Gasteiger partial charge < -0.3 is 25.3 Å². The monoisotopic (exact) mass is 452 g/mol. The molecule has 1 atom stereocenters. The molecular formula is C28H28N4O2. The Morgan fingerprint density at radius 3 is 2.44 bits per heavy atom. The number of carbonyl (C=O) groups excluding carboxylic acids is 1. The highest BCUT2D eigenvalue weighted by atomic mass is 16.5. The van der Waals surface area contributed by atoms with Gasteiger partial charge in [-0.1, -0.05) is 12.1 Å². The molecule has 1 aliphatic heterocycles. The Morgan fingerprint density at radius 2 is 1.74 bits per heavy atom. The second kappa shape index (κ2) is 8.98. The minimum absolute atomic E-state index is 0.00285. The number of amides is 1. The van der Waals surface area contributed by atoms with Crippen molar-refractivity contribution in [3.8, 4) is 11.4 Å². The molecule has 1 unspecified atom stereocenters. The van der Waals surface area contributed by atoms with Gasteiger partial charge in [-0.2, -0.15) is 0 Å². The van der Waals surface area contributed by atoms with Crippen LogP contribution in [0, 0.1) is 0 Å². The quantitative estimate of drug-likeness (QED) is 0.348. The summed E-state index contributed by atoms with van der Waals surface area (Å²) in [5, 5.41) is 3.48. The second-order valence-corrected chi connectivity index (χ2v) is 8.46. The lowest BCUT2D eigenvalue weighted by atomic mass is 10.1. The molecule has 6 heteroatoms. The molecule has 1 amide bonds. The molecule has 0 saturated heterocycles. The predicted octanol–water partition coefficient (Wildman–Crippen LogP) is 5.79. The van der Waals surface area contributed by atoms with Gasteiger partial charge in [-0.25, -0.2) is 0 Å². The summed E-state index contributed by atoms with van der Waals surface area (Å²) in [5.41, 5.74) is 12.6. The Balaban J connectivity index is 1.31. The van der Waals surface area contributed by atoms with Crippen LogP contribution in [0.1, 0.15) is 41.4 Å². The predicted molar refractivity (Wildman–Crippen MR) is 137 cm³/mol. The van der Waals surface area contributed by atoms with Gasteiger partial charge >= 0.3 is 0 Å². The van der Waals surface area contributed by atoms with E-state index in [9.17, 15) is 4.79 Å². The molecule has 1 aromatic heterocycles. The van der Waals surface area contributed by atoms with Crippen LogP contribution in [0.25, 0.3) is 5.69 Å². The highest BCUT2D eigenvalue weighted by molar-refractivity contribution is 6.10. The van der Waals surface area contributed by atoms with Gasteiger partial charge in [0, 0.05) is 35.4 Å². The van der Waals surface area contributed by atoms with Crippen molar-refractivity contribution in [1.82, 2.24) is 4.57 Å². The molecule has 0 bridgehead atoms. The molecule has 0 aliphatic carbocycles. The molecule has 0 radical (unpaired) electrons. The van der Waals surface area contributed by atoms with Gasteiger partial charge in [0.25, 0.3) is 5.91 Å². The lowest BCUT2D eigenvalue weighted by Crippen LogP contribution is -2.23. The van der Waals surface area contributed by atoms with E-state index < -0.39 is 0 Å². The van der Waals surface area contributed by atoms with Gasteiger partial charge in [0.2, 0.25) is 0 Å². The summed E-state index contributed by atoms with van der Waals surface area (Å²) in [6.45, 7) is 5.24. The fraction of sp³-hybridized carbons (Fsp3) is 0.179. The van der Waals surface area contributed by atoms with E-state index in [1.54, 1.807) is 4.90 Å². The third-order valence-corrected chi connectivity index (χ3v) is 6.21. The summed E-state index contributed by atoms with van der Waals surface area (Å²) in [7, 11) is 0. The number of fused-ring (bicyclic) bond motifs is 1. The number of benzene rings is 3. The normalized spacial score (nSPS) is 13.6. The average Bonchev–Trinajstić information content (AvgIpc) is 3.49. The van der Waals surface area contributed by atoms with E-state index in [2.05, 4.69) is 30.4 Å². The number of hydrogen-bond acceptors (Lipinski definition) is 4. The number of aromatic nitrogens is 1. The Kier molecular flexibility index (Phi) is 5.72. The van der Waals surface area contributed by atoms with E-state index in [1.165, 1.54) is 0 Å². The zero-order chi connectivity index (χ0) is 23.7.